The molecule has 2 atom stereocenters. The molecule has 1 N–H and O–H groups in total. The minimum Gasteiger partial charge on any atom is -0.495 e. The van der Waals surface area contributed by atoms with Gasteiger partial charge in [-0.1, -0.05) is 12.1 Å². The van der Waals surface area contributed by atoms with E-state index in [1.54, 1.807) is 0 Å². The third kappa shape index (κ3) is 3.27. The van der Waals surface area contributed by atoms with Gasteiger partial charge < -0.3 is 9.84 Å². The molecule has 1 saturated heterocycles. The summed E-state index contributed by atoms with van der Waals surface area (Å²) in [4.78, 5) is 10.7. The first-order valence-corrected chi connectivity index (χ1v) is 7.95. The molecule has 0 spiro atoms. The van der Waals surface area contributed by atoms with Crippen molar-refractivity contribution in [1.29, 1.82) is 0 Å². The van der Waals surface area contributed by atoms with Crippen LogP contribution in [0.4, 0.5) is 13.2 Å². The summed E-state index contributed by atoms with van der Waals surface area (Å²) in [6.07, 6.45) is -4.80. The first kappa shape index (κ1) is 17.5. The molecule has 0 radical (unpaired) electrons. The third-order valence-corrected chi connectivity index (χ3v) is 5.58. The number of hydrogen-bond donors (Lipinski definition) is 1. The lowest BCUT2D eigenvalue weighted by molar-refractivity contribution is -0.187. The van der Waals surface area contributed by atoms with Crippen molar-refractivity contribution in [2.45, 2.75) is 11.1 Å². The second-order valence-corrected chi connectivity index (χ2v) is 6.97. The van der Waals surface area contributed by atoms with Crippen LogP contribution in [0.5, 0.6) is 5.75 Å². The Hall–Kier alpha value is -1.81. The minimum absolute atomic E-state index is 0.0187. The molecule has 1 aromatic rings. The van der Waals surface area contributed by atoms with E-state index in [-0.39, 0.29) is 10.6 Å². The van der Waals surface area contributed by atoms with E-state index in [4.69, 9.17) is 9.84 Å². The van der Waals surface area contributed by atoms with E-state index in [0.29, 0.717) is 4.31 Å². The highest BCUT2D eigenvalue weighted by molar-refractivity contribution is 7.89. The van der Waals surface area contributed by atoms with Crippen molar-refractivity contribution >= 4 is 16.0 Å². The van der Waals surface area contributed by atoms with Gasteiger partial charge in [-0.25, -0.2) is 8.42 Å². The van der Waals surface area contributed by atoms with Gasteiger partial charge in [0.15, 0.2) is 0 Å². The molecule has 1 heterocycles. The Kier molecular flexibility index (Phi) is 4.58. The first-order chi connectivity index (χ1) is 10.6. The molecule has 0 aliphatic carbocycles. The van der Waals surface area contributed by atoms with Crippen molar-refractivity contribution in [1.82, 2.24) is 4.31 Å². The standard InChI is InChI=1S/C13H14F3NO5S/c1-22-10-4-2-3-5-11(10)23(20,21)17-6-8(12(18)19)9(7-17)13(14,15)16/h2-5,8-9H,6-7H2,1H3,(H,18,19)/t8-,9-/m1/s1. The zero-order valence-corrected chi connectivity index (χ0v) is 12.8. The van der Waals surface area contributed by atoms with E-state index in [0.717, 1.165) is 0 Å². The van der Waals surface area contributed by atoms with E-state index >= 15 is 0 Å². The SMILES string of the molecule is COc1ccccc1S(=O)(=O)N1C[C@@H](C(F)(F)F)[C@H](C(=O)O)C1. The fourth-order valence-corrected chi connectivity index (χ4v) is 4.16. The second-order valence-electron chi connectivity index (χ2n) is 5.07. The highest BCUT2D eigenvalue weighted by Crippen LogP contribution is 2.40. The van der Waals surface area contributed by atoms with E-state index in [9.17, 15) is 26.4 Å². The van der Waals surface area contributed by atoms with Crippen molar-refractivity contribution in [2.75, 3.05) is 20.2 Å². The summed E-state index contributed by atoms with van der Waals surface area (Å²) in [6, 6.07) is 5.48. The number of hydrogen-bond acceptors (Lipinski definition) is 4. The normalized spacial score (nSPS) is 23.0. The Morgan fingerprint density at radius 2 is 1.91 bits per heavy atom. The Balaban J connectivity index is 2.40. The smallest absolute Gasteiger partial charge is 0.393 e. The van der Waals surface area contributed by atoms with Crippen molar-refractivity contribution < 1.29 is 36.2 Å². The lowest BCUT2D eigenvalue weighted by Gasteiger charge is -2.19. The van der Waals surface area contributed by atoms with Gasteiger partial charge in [-0.05, 0) is 12.1 Å². The number of halogens is 3. The van der Waals surface area contributed by atoms with Crippen LogP contribution in [-0.4, -0.2) is 50.2 Å². The van der Waals surface area contributed by atoms with E-state index < -0.39 is 47.1 Å². The number of benzene rings is 1. The molecule has 0 bridgehead atoms. The Morgan fingerprint density at radius 3 is 2.39 bits per heavy atom. The van der Waals surface area contributed by atoms with Crippen LogP contribution in [0.15, 0.2) is 29.2 Å². The Labute approximate surface area is 130 Å². The van der Waals surface area contributed by atoms with E-state index in [2.05, 4.69) is 0 Å². The van der Waals surface area contributed by atoms with Gasteiger partial charge in [0.1, 0.15) is 10.6 Å². The second kappa shape index (κ2) is 6.00. The number of carbonyl (C=O) groups is 1. The lowest BCUT2D eigenvalue weighted by atomic mass is 9.96. The van der Waals surface area contributed by atoms with Crippen LogP contribution in [0.3, 0.4) is 0 Å². The van der Waals surface area contributed by atoms with Gasteiger partial charge in [0, 0.05) is 13.1 Å². The van der Waals surface area contributed by atoms with Crippen LogP contribution in [0.1, 0.15) is 0 Å². The first-order valence-electron chi connectivity index (χ1n) is 6.51. The highest BCUT2D eigenvalue weighted by Gasteiger charge is 2.55. The third-order valence-electron chi connectivity index (χ3n) is 3.71. The molecule has 1 aliphatic rings. The molecule has 0 aromatic heterocycles. The average molecular weight is 353 g/mol. The molecule has 23 heavy (non-hydrogen) atoms. The maximum atomic E-state index is 13.0. The molecule has 10 heteroatoms. The summed E-state index contributed by atoms with van der Waals surface area (Å²) in [6.45, 7) is -1.67. The van der Waals surface area contributed by atoms with Crippen molar-refractivity contribution in [3.8, 4) is 5.75 Å². The molecule has 1 aromatic carbocycles. The molecule has 6 nitrogen and oxygen atoms in total. The number of rotatable bonds is 4. The van der Waals surface area contributed by atoms with E-state index in [1.165, 1.54) is 31.4 Å². The fourth-order valence-electron chi connectivity index (χ4n) is 2.52. The summed E-state index contributed by atoms with van der Waals surface area (Å²) < 4.78 is 69.5. The number of para-hydroxylation sites is 1. The van der Waals surface area contributed by atoms with Gasteiger partial charge >= 0.3 is 12.1 Å². The largest absolute Gasteiger partial charge is 0.495 e. The van der Waals surface area contributed by atoms with Crippen molar-refractivity contribution in [3.05, 3.63) is 24.3 Å². The number of carboxylic acids is 1. The zero-order valence-electron chi connectivity index (χ0n) is 11.9. The van der Waals surface area contributed by atoms with E-state index in [1.807, 2.05) is 0 Å². The predicted molar refractivity (Wildman–Crippen MR) is 72.4 cm³/mol. The number of methoxy groups -OCH3 is 1. The summed E-state index contributed by atoms with van der Waals surface area (Å²) in [5, 5.41) is 8.96. The number of nitrogens with zero attached hydrogens (tertiary/aromatic N) is 1. The monoisotopic (exact) mass is 353 g/mol. The topological polar surface area (TPSA) is 83.9 Å². The van der Waals surface area contributed by atoms with Gasteiger partial charge in [-0.3, -0.25) is 4.79 Å². The highest BCUT2D eigenvalue weighted by atomic mass is 32.2. The Morgan fingerprint density at radius 1 is 1.30 bits per heavy atom. The lowest BCUT2D eigenvalue weighted by Crippen LogP contribution is -2.34. The molecular formula is C13H14F3NO5S. The van der Waals surface area contributed by atoms with Gasteiger partial charge in [0.05, 0.1) is 18.9 Å². The molecule has 1 aliphatic heterocycles. The number of ether oxygens (including phenoxy) is 1. The number of sulfonamides is 1. The molecule has 0 amide bonds. The number of aliphatic carboxylic acids is 1. The van der Waals surface area contributed by atoms with Crippen LogP contribution in [0, 0.1) is 11.8 Å². The van der Waals surface area contributed by atoms with Gasteiger partial charge in [0.2, 0.25) is 10.0 Å². The molecule has 128 valence electrons. The maximum absolute atomic E-state index is 13.0. The van der Waals surface area contributed by atoms with Crippen LogP contribution in [0.2, 0.25) is 0 Å². The van der Waals surface area contributed by atoms with Crippen molar-refractivity contribution in [2.24, 2.45) is 11.8 Å². The molecule has 0 saturated carbocycles. The maximum Gasteiger partial charge on any atom is 0.393 e. The summed E-state index contributed by atoms with van der Waals surface area (Å²) >= 11 is 0. The molecular weight excluding hydrogens is 339 g/mol. The fraction of sp³-hybridized carbons (Fsp3) is 0.462. The molecule has 0 unspecified atom stereocenters. The predicted octanol–water partition coefficient (Wildman–Crippen LogP) is 1.58. The summed E-state index contributed by atoms with van der Waals surface area (Å²) in [5.41, 5.74) is 0. The zero-order chi connectivity index (χ0) is 17.4. The molecule has 2 rings (SSSR count). The summed E-state index contributed by atoms with van der Waals surface area (Å²) in [5.74, 6) is -5.77. The van der Waals surface area contributed by atoms with Gasteiger partial charge in [0.25, 0.3) is 0 Å². The minimum atomic E-state index is -4.80. The summed E-state index contributed by atoms with van der Waals surface area (Å²) in [7, 11) is -3.06. The number of carboxylic acid groups (broad SMARTS) is 1. The van der Waals surface area contributed by atoms with Crippen molar-refractivity contribution in [3.63, 3.8) is 0 Å². The quantitative estimate of drug-likeness (QED) is 0.888. The van der Waals surface area contributed by atoms with Crippen LogP contribution < -0.4 is 4.74 Å². The van der Waals surface area contributed by atoms with Crippen LogP contribution >= 0.6 is 0 Å². The average Bonchev–Trinajstić information content (AvgIpc) is 2.93. The van der Waals surface area contributed by atoms with Gasteiger partial charge in [-0.15, -0.1) is 0 Å². The van der Waals surface area contributed by atoms with Crippen LogP contribution in [-0.2, 0) is 14.8 Å². The number of alkyl halides is 3. The molecule has 1 fully saturated rings. The van der Waals surface area contributed by atoms with Gasteiger partial charge in [-0.2, -0.15) is 17.5 Å². The van der Waals surface area contributed by atoms with Crippen LogP contribution in [0.25, 0.3) is 0 Å². The Bertz CT molecular complexity index is 704.